The summed E-state index contributed by atoms with van der Waals surface area (Å²) in [7, 11) is 1.86. The molecule has 3 nitrogen and oxygen atoms in total. The van der Waals surface area contributed by atoms with Crippen LogP contribution in [-0.4, -0.2) is 17.0 Å². The van der Waals surface area contributed by atoms with E-state index in [4.69, 9.17) is 0 Å². The number of nitrogens with zero attached hydrogens (tertiary/aromatic N) is 2. The maximum atomic E-state index is 4.40. The third-order valence-corrected chi connectivity index (χ3v) is 2.96. The molecule has 0 amide bonds. The number of fused-ring (bicyclic) bond motifs is 1. The standard InChI is InChI=1S/C15H13N3/c1-16-15-14(17-8-9-18-15)13-7-6-11-4-2-3-5-12(11)10-13/h2-10H,1H3,(H,16,18). The Labute approximate surface area is 106 Å². The van der Waals surface area contributed by atoms with Gasteiger partial charge < -0.3 is 5.32 Å². The summed E-state index contributed by atoms with van der Waals surface area (Å²) in [4.78, 5) is 8.68. The molecule has 0 aliphatic carbocycles. The Balaban J connectivity index is 2.19. The van der Waals surface area contributed by atoms with Crippen LogP contribution in [0.15, 0.2) is 54.9 Å². The molecule has 3 aromatic rings. The van der Waals surface area contributed by atoms with E-state index in [1.54, 1.807) is 12.4 Å². The van der Waals surface area contributed by atoms with Crippen molar-refractivity contribution in [3.63, 3.8) is 0 Å². The van der Waals surface area contributed by atoms with Crippen molar-refractivity contribution in [1.29, 1.82) is 0 Å². The van der Waals surface area contributed by atoms with Gasteiger partial charge in [0.2, 0.25) is 0 Å². The SMILES string of the molecule is CNc1nccnc1-c1ccc2ccccc2c1. The molecule has 1 aromatic heterocycles. The molecule has 0 atom stereocenters. The van der Waals surface area contributed by atoms with Crippen LogP contribution in [0.3, 0.4) is 0 Å². The molecule has 88 valence electrons. The Morgan fingerprint density at radius 2 is 1.67 bits per heavy atom. The summed E-state index contributed by atoms with van der Waals surface area (Å²) in [6.07, 6.45) is 3.40. The molecule has 0 spiro atoms. The van der Waals surface area contributed by atoms with Crippen LogP contribution in [0.1, 0.15) is 0 Å². The minimum atomic E-state index is 0.799. The first-order chi connectivity index (χ1) is 8.88. The van der Waals surface area contributed by atoms with Crippen molar-refractivity contribution in [3.05, 3.63) is 54.9 Å². The van der Waals surface area contributed by atoms with Gasteiger partial charge in [0.05, 0.1) is 0 Å². The van der Waals surface area contributed by atoms with Crippen molar-refractivity contribution in [2.45, 2.75) is 0 Å². The molecule has 0 unspecified atom stereocenters. The van der Waals surface area contributed by atoms with Crippen LogP contribution in [0, 0.1) is 0 Å². The van der Waals surface area contributed by atoms with Crippen LogP contribution in [-0.2, 0) is 0 Å². The minimum absolute atomic E-state index is 0.799. The summed E-state index contributed by atoms with van der Waals surface area (Å²) in [5, 5.41) is 5.51. The molecule has 2 aromatic carbocycles. The van der Waals surface area contributed by atoms with Crippen LogP contribution in [0.2, 0.25) is 0 Å². The predicted molar refractivity (Wildman–Crippen MR) is 74.5 cm³/mol. The number of nitrogens with one attached hydrogen (secondary N) is 1. The predicted octanol–water partition coefficient (Wildman–Crippen LogP) is 3.34. The number of rotatable bonds is 2. The Kier molecular flexibility index (Phi) is 2.65. The fourth-order valence-corrected chi connectivity index (χ4v) is 2.07. The lowest BCUT2D eigenvalue weighted by Gasteiger charge is -2.07. The fourth-order valence-electron chi connectivity index (χ4n) is 2.07. The van der Waals surface area contributed by atoms with E-state index in [2.05, 4.69) is 45.6 Å². The molecule has 0 bridgehead atoms. The molecule has 3 heteroatoms. The van der Waals surface area contributed by atoms with E-state index in [0.717, 1.165) is 17.1 Å². The Morgan fingerprint density at radius 1 is 0.889 bits per heavy atom. The second kappa shape index (κ2) is 4.45. The number of hydrogen-bond acceptors (Lipinski definition) is 3. The van der Waals surface area contributed by atoms with Gasteiger partial charge in [-0.2, -0.15) is 0 Å². The highest BCUT2D eigenvalue weighted by molar-refractivity contribution is 5.88. The lowest BCUT2D eigenvalue weighted by atomic mass is 10.0. The second-order valence-corrected chi connectivity index (χ2v) is 4.07. The molecule has 0 fully saturated rings. The third-order valence-electron chi connectivity index (χ3n) is 2.96. The van der Waals surface area contributed by atoms with Gasteiger partial charge in [0.15, 0.2) is 5.82 Å². The zero-order chi connectivity index (χ0) is 12.4. The van der Waals surface area contributed by atoms with Crippen molar-refractivity contribution >= 4 is 16.6 Å². The lowest BCUT2D eigenvalue weighted by Crippen LogP contribution is -1.97. The van der Waals surface area contributed by atoms with Crippen molar-refractivity contribution in [1.82, 2.24) is 9.97 Å². The van der Waals surface area contributed by atoms with Crippen molar-refractivity contribution < 1.29 is 0 Å². The highest BCUT2D eigenvalue weighted by Crippen LogP contribution is 2.26. The summed E-state index contributed by atoms with van der Waals surface area (Å²) < 4.78 is 0. The van der Waals surface area contributed by atoms with E-state index in [-0.39, 0.29) is 0 Å². The highest BCUT2D eigenvalue weighted by Gasteiger charge is 2.06. The zero-order valence-electron chi connectivity index (χ0n) is 10.1. The zero-order valence-corrected chi connectivity index (χ0v) is 10.1. The molecular weight excluding hydrogens is 222 g/mol. The maximum absolute atomic E-state index is 4.40. The van der Waals surface area contributed by atoms with Gasteiger partial charge in [-0.25, -0.2) is 4.98 Å². The average molecular weight is 235 g/mol. The first-order valence-corrected chi connectivity index (χ1v) is 5.86. The first kappa shape index (κ1) is 10.7. The van der Waals surface area contributed by atoms with Crippen LogP contribution >= 0.6 is 0 Å². The molecule has 0 aliphatic rings. The summed E-state index contributed by atoms with van der Waals surface area (Å²) in [6.45, 7) is 0. The summed E-state index contributed by atoms with van der Waals surface area (Å²) in [5.74, 6) is 0.799. The highest BCUT2D eigenvalue weighted by atomic mass is 15.0. The molecule has 0 saturated carbocycles. The maximum Gasteiger partial charge on any atom is 0.152 e. The van der Waals surface area contributed by atoms with Crippen molar-refractivity contribution in [3.8, 4) is 11.3 Å². The van der Waals surface area contributed by atoms with E-state index in [1.165, 1.54) is 10.8 Å². The van der Waals surface area contributed by atoms with Crippen molar-refractivity contribution in [2.24, 2.45) is 0 Å². The van der Waals surface area contributed by atoms with Gasteiger partial charge in [0.25, 0.3) is 0 Å². The topological polar surface area (TPSA) is 37.8 Å². The molecule has 18 heavy (non-hydrogen) atoms. The van der Waals surface area contributed by atoms with Crippen LogP contribution in [0.4, 0.5) is 5.82 Å². The normalized spacial score (nSPS) is 10.5. The van der Waals surface area contributed by atoms with Crippen LogP contribution in [0.5, 0.6) is 0 Å². The number of aromatic nitrogens is 2. The van der Waals surface area contributed by atoms with Gasteiger partial charge in [0, 0.05) is 25.0 Å². The molecule has 1 N–H and O–H groups in total. The number of hydrogen-bond donors (Lipinski definition) is 1. The van der Waals surface area contributed by atoms with Gasteiger partial charge in [-0.15, -0.1) is 0 Å². The second-order valence-electron chi connectivity index (χ2n) is 4.07. The number of benzene rings is 2. The Morgan fingerprint density at radius 3 is 2.50 bits per heavy atom. The van der Waals surface area contributed by atoms with E-state index in [0.29, 0.717) is 0 Å². The van der Waals surface area contributed by atoms with Crippen LogP contribution in [0.25, 0.3) is 22.0 Å². The summed E-state index contributed by atoms with van der Waals surface area (Å²) >= 11 is 0. The monoisotopic (exact) mass is 235 g/mol. The first-order valence-electron chi connectivity index (χ1n) is 5.86. The van der Waals surface area contributed by atoms with Crippen molar-refractivity contribution in [2.75, 3.05) is 12.4 Å². The van der Waals surface area contributed by atoms with Gasteiger partial charge >= 0.3 is 0 Å². The van der Waals surface area contributed by atoms with Gasteiger partial charge in [0.1, 0.15) is 5.69 Å². The Bertz CT molecular complexity index is 692. The molecule has 3 rings (SSSR count). The van der Waals surface area contributed by atoms with E-state index in [9.17, 15) is 0 Å². The smallest absolute Gasteiger partial charge is 0.152 e. The molecule has 0 radical (unpaired) electrons. The molecule has 0 saturated heterocycles. The van der Waals surface area contributed by atoms with Gasteiger partial charge in [-0.3, -0.25) is 4.98 Å². The van der Waals surface area contributed by atoms with Gasteiger partial charge in [-0.05, 0) is 16.8 Å². The van der Waals surface area contributed by atoms with E-state index < -0.39 is 0 Å². The summed E-state index contributed by atoms with van der Waals surface area (Å²) in [5.41, 5.74) is 1.96. The number of anilines is 1. The van der Waals surface area contributed by atoms with E-state index in [1.807, 2.05) is 19.2 Å². The Hall–Kier alpha value is -2.42. The van der Waals surface area contributed by atoms with Gasteiger partial charge in [-0.1, -0.05) is 36.4 Å². The largest absolute Gasteiger partial charge is 0.371 e. The quantitative estimate of drug-likeness (QED) is 0.740. The minimum Gasteiger partial charge on any atom is -0.371 e. The average Bonchev–Trinajstić information content (AvgIpc) is 2.46. The fraction of sp³-hybridized carbons (Fsp3) is 0.0667. The molecular formula is C15H13N3. The van der Waals surface area contributed by atoms with Crippen LogP contribution < -0.4 is 5.32 Å². The van der Waals surface area contributed by atoms with E-state index >= 15 is 0 Å². The summed E-state index contributed by atoms with van der Waals surface area (Å²) in [6, 6.07) is 14.6. The molecule has 0 aliphatic heterocycles. The lowest BCUT2D eigenvalue weighted by molar-refractivity contribution is 1.19. The third kappa shape index (κ3) is 1.80. The molecule has 1 heterocycles.